The monoisotopic (exact) mass is 574 g/mol. The topological polar surface area (TPSA) is 101 Å². The van der Waals surface area contributed by atoms with Gasteiger partial charge in [0.15, 0.2) is 11.5 Å². The summed E-state index contributed by atoms with van der Waals surface area (Å²) in [4.78, 5) is 38.9. The van der Waals surface area contributed by atoms with E-state index in [0.29, 0.717) is 12.1 Å². The van der Waals surface area contributed by atoms with Crippen molar-refractivity contribution in [1.82, 2.24) is 4.90 Å². The van der Waals surface area contributed by atoms with Crippen LogP contribution in [0.2, 0.25) is 0 Å². The van der Waals surface area contributed by atoms with E-state index in [1.54, 1.807) is 18.2 Å². The summed E-state index contributed by atoms with van der Waals surface area (Å²) in [5.41, 5.74) is 1.07. The van der Waals surface area contributed by atoms with Crippen LogP contribution in [0.15, 0.2) is 72.0 Å². The predicted molar refractivity (Wildman–Crippen MR) is 168 cm³/mol. The molecule has 0 saturated carbocycles. The van der Waals surface area contributed by atoms with E-state index in [-0.39, 0.29) is 11.3 Å². The Morgan fingerprint density at radius 1 is 0.857 bits per heavy atom. The molecule has 0 bridgehead atoms. The zero-order chi connectivity index (χ0) is 30.2. The third-order valence-corrected chi connectivity index (χ3v) is 7.95. The molecule has 0 spiro atoms. The fraction of sp³-hybridized carbons (Fsp3) is 0.486. The van der Waals surface area contributed by atoms with Crippen LogP contribution in [0.5, 0.6) is 0 Å². The second-order valence-corrected chi connectivity index (χ2v) is 11.2. The fourth-order valence-corrected chi connectivity index (χ4v) is 5.59. The molecule has 0 fully saturated rings. The number of carbonyl (C=O) groups excluding carboxylic acids is 2. The van der Waals surface area contributed by atoms with Gasteiger partial charge in [0.2, 0.25) is 0 Å². The van der Waals surface area contributed by atoms with Gasteiger partial charge in [-0.3, -0.25) is 19.7 Å². The smallest absolute Gasteiger partial charge is 0.290 e. The summed E-state index contributed by atoms with van der Waals surface area (Å²) >= 11 is 0. The third kappa shape index (κ3) is 9.97. The second kappa shape index (κ2) is 17.9. The standard InChI is InChI=1S/C35H46N2O5/c1-2-3-4-5-6-7-8-9-10-11-12-13-14-18-26-36-33(29-22-19-23-30(27-29)37(41)42)32(34(39)35(36)40)31(38)25-24-28-20-16-15-17-21-28/h15-17,19-25,27,33,39H,2-14,18,26H2,1H3/b25-24+. The molecule has 1 aliphatic rings. The Hall–Kier alpha value is -3.74. The van der Waals surface area contributed by atoms with Crippen LogP contribution in [0, 0.1) is 10.1 Å². The van der Waals surface area contributed by atoms with E-state index in [1.165, 1.54) is 87.3 Å². The van der Waals surface area contributed by atoms with E-state index in [4.69, 9.17) is 0 Å². The summed E-state index contributed by atoms with van der Waals surface area (Å²) in [6.45, 7) is 2.60. The van der Waals surface area contributed by atoms with Crippen LogP contribution in [0.1, 0.15) is 114 Å². The molecule has 1 unspecified atom stereocenters. The summed E-state index contributed by atoms with van der Waals surface area (Å²) < 4.78 is 0. The maximum absolute atomic E-state index is 13.3. The maximum Gasteiger partial charge on any atom is 0.290 e. The van der Waals surface area contributed by atoms with Gasteiger partial charge in [0.25, 0.3) is 11.6 Å². The molecule has 226 valence electrons. The summed E-state index contributed by atoms with van der Waals surface area (Å²) in [5.74, 6) is -1.69. The zero-order valence-corrected chi connectivity index (χ0v) is 25.0. The first-order chi connectivity index (χ1) is 20.4. The molecule has 1 amide bonds. The van der Waals surface area contributed by atoms with E-state index in [9.17, 15) is 24.8 Å². The molecule has 0 aromatic heterocycles. The third-order valence-electron chi connectivity index (χ3n) is 7.95. The predicted octanol–water partition coefficient (Wildman–Crippen LogP) is 9.05. The molecule has 1 heterocycles. The van der Waals surface area contributed by atoms with Gasteiger partial charge in [-0.2, -0.15) is 0 Å². The van der Waals surface area contributed by atoms with Crippen molar-refractivity contribution >= 4 is 23.5 Å². The van der Waals surface area contributed by atoms with Crippen molar-refractivity contribution in [2.45, 2.75) is 103 Å². The number of aliphatic hydroxyl groups excluding tert-OH is 1. The van der Waals surface area contributed by atoms with Crippen LogP contribution in [-0.2, 0) is 9.59 Å². The van der Waals surface area contributed by atoms with E-state index in [1.807, 2.05) is 30.3 Å². The molecule has 0 radical (unpaired) electrons. The van der Waals surface area contributed by atoms with Crippen molar-refractivity contribution in [1.29, 1.82) is 0 Å². The average Bonchev–Trinajstić information content (AvgIpc) is 3.25. The molecule has 1 atom stereocenters. The Labute approximate surface area is 250 Å². The van der Waals surface area contributed by atoms with Gasteiger partial charge < -0.3 is 10.0 Å². The quantitative estimate of drug-likeness (QED) is 0.0736. The number of rotatable bonds is 20. The first-order valence-electron chi connectivity index (χ1n) is 15.7. The van der Waals surface area contributed by atoms with Crippen molar-refractivity contribution < 1.29 is 19.6 Å². The summed E-state index contributed by atoms with van der Waals surface area (Å²) in [6, 6.07) is 14.3. The Balaban J connectivity index is 1.55. The normalized spacial score (nSPS) is 15.2. The molecule has 1 aliphatic heterocycles. The largest absolute Gasteiger partial charge is 0.503 e. The molecule has 2 aromatic carbocycles. The molecule has 7 nitrogen and oxygen atoms in total. The number of hydrogen-bond donors (Lipinski definition) is 1. The molecule has 3 rings (SSSR count). The molecule has 0 aliphatic carbocycles. The molecular weight excluding hydrogens is 528 g/mol. The molecule has 1 N–H and O–H groups in total. The molecule has 42 heavy (non-hydrogen) atoms. The van der Waals surface area contributed by atoms with Gasteiger partial charge in [-0.1, -0.05) is 139 Å². The Morgan fingerprint density at radius 3 is 2.00 bits per heavy atom. The van der Waals surface area contributed by atoms with Crippen molar-refractivity contribution in [3.05, 3.63) is 93.2 Å². The summed E-state index contributed by atoms with van der Waals surface area (Å²) in [5, 5.41) is 22.3. The van der Waals surface area contributed by atoms with Gasteiger partial charge in [-0.05, 0) is 23.6 Å². The van der Waals surface area contributed by atoms with Gasteiger partial charge in [0.05, 0.1) is 16.5 Å². The van der Waals surface area contributed by atoms with E-state index >= 15 is 0 Å². The van der Waals surface area contributed by atoms with Crippen LogP contribution in [0.4, 0.5) is 5.69 Å². The molecule has 7 heteroatoms. The fourth-order valence-electron chi connectivity index (χ4n) is 5.59. The number of carbonyl (C=O) groups is 2. The van der Waals surface area contributed by atoms with Gasteiger partial charge in [-0.25, -0.2) is 0 Å². The average molecular weight is 575 g/mol. The summed E-state index contributed by atoms with van der Waals surface area (Å²) in [6.07, 6.45) is 20.0. The molecular formula is C35H46N2O5. The highest BCUT2D eigenvalue weighted by Crippen LogP contribution is 2.39. The lowest BCUT2D eigenvalue weighted by Crippen LogP contribution is -2.32. The number of ketones is 1. The Kier molecular flexibility index (Phi) is 14.0. The van der Waals surface area contributed by atoms with Crippen molar-refractivity contribution in [3.8, 4) is 0 Å². The number of nitrogens with zero attached hydrogens (tertiary/aromatic N) is 2. The lowest BCUT2D eigenvalue weighted by Gasteiger charge is -2.26. The SMILES string of the molecule is CCCCCCCCCCCCCCCCN1C(=O)C(O)=C(C(=O)/C=C/c2ccccc2)C1c1cccc([N+](=O)[O-])c1. The van der Waals surface area contributed by atoms with E-state index in [0.717, 1.165) is 31.2 Å². The van der Waals surface area contributed by atoms with Crippen LogP contribution >= 0.6 is 0 Å². The number of unbranched alkanes of at least 4 members (excludes halogenated alkanes) is 13. The van der Waals surface area contributed by atoms with Gasteiger partial charge >= 0.3 is 0 Å². The number of aliphatic hydroxyl groups is 1. The summed E-state index contributed by atoms with van der Waals surface area (Å²) in [7, 11) is 0. The minimum absolute atomic E-state index is 0.0435. The van der Waals surface area contributed by atoms with Gasteiger partial charge in [0, 0.05) is 18.7 Å². The zero-order valence-electron chi connectivity index (χ0n) is 25.0. The van der Waals surface area contributed by atoms with Crippen molar-refractivity contribution in [3.63, 3.8) is 0 Å². The number of allylic oxidation sites excluding steroid dienone is 1. The molecule has 2 aromatic rings. The number of nitro groups is 1. The van der Waals surface area contributed by atoms with Gasteiger partial charge in [-0.15, -0.1) is 0 Å². The number of benzene rings is 2. The Bertz CT molecular complexity index is 1220. The minimum Gasteiger partial charge on any atom is -0.503 e. The van der Waals surface area contributed by atoms with Crippen LogP contribution in [0.3, 0.4) is 0 Å². The number of hydrogen-bond acceptors (Lipinski definition) is 5. The lowest BCUT2D eigenvalue weighted by molar-refractivity contribution is -0.384. The van der Waals surface area contributed by atoms with Crippen molar-refractivity contribution in [2.75, 3.05) is 6.54 Å². The maximum atomic E-state index is 13.3. The van der Waals surface area contributed by atoms with Gasteiger partial charge in [0.1, 0.15) is 0 Å². The Morgan fingerprint density at radius 2 is 1.43 bits per heavy atom. The van der Waals surface area contributed by atoms with E-state index < -0.39 is 28.4 Å². The highest BCUT2D eigenvalue weighted by Gasteiger charge is 2.42. The highest BCUT2D eigenvalue weighted by atomic mass is 16.6. The first kappa shape index (κ1) is 32.8. The van der Waals surface area contributed by atoms with Crippen molar-refractivity contribution in [2.24, 2.45) is 0 Å². The van der Waals surface area contributed by atoms with Crippen LogP contribution in [0.25, 0.3) is 6.08 Å². The number of amides is 1. The minimum atomic E-state index is -0.882. The van der Waals surface area contributed by atoms with E-state index in [2.05, 4.69) is 6.92 Å². The lowest BCUT2D eigenvalue weighted by atomic mass is 9.95. The number of nitro benzene ring substituents is 1. The van der Waals surface area contributed by atoms with Crippen LogP contribution in [-0.4, -0.2) is 33.2 Å². The number of non-ortho nitro benzene ring substituents is 1. The van der Waals surface area contributed by atoms with Crippen LogP contribution < -0.4 is 0 Å². The highest BCUT2D eigenvalue weighted by molar-refractivity contribution is 6.14. The first-order valence-corrected chi connectivity index (χ1v) is 15.7. The second-order valence-electron chi connectivity index (χ2n) is 11.2. The molecule has 0 saturated heterocycles.